The monoisotopic (exact) mass is 1130 g/mol. The second kappa shape index (κ2) is 65.1. The highest BCUT2D eigenvalue weighted by atomic mass is 31.2. The molecule has 0 rings (SSSR count). The van der Waals surface area contributed by atoms with Gasteiger partial charge in [-0.15, -0.1) is 0 Å². The maximum absolute atomic E-state index is 12.7. The first-order valence-electron chi connectivity index (χ1n) is 34.1. The number of carbonyl (C=O) groups is 2. The summed E-state index contributed by atoms with van der Waals surface area (Å²) in [6, 6.07) is 0. The molecular weight excluding hydrogens is 1000 g/mol. The highest BCUT2D eigenvalue weighted by Gasteiger charge is 2.26. The average Bonchev–Trinajstić information content (AvgIpc) is 3.44. The zero-order valence-electron chi connectivity index (χ0n) is 52.1. The summed E-state index contributed by atoms with van der Waals surface area (Å²) in [6.07, 6.45) is 82.1. The smallest absolute Gasteiger partial charge is 0.462 e. The van der Waals surface area contributed by atoms with E-state index in [1.54, 1.807) is 0 Å². The van der Waals surface area contributed by atoms with Crippen molar-refractivity contribution in [2.24, 2.45) is 5.73 Å². The lowest BCUT2D eigenvalue weighted by molar-refractivity contribution is -0.161. The molecule has 9 nitrogen and oxygen atoms in total. The van der Waals surface area contributed by atoms with Crippen molar-refractivity contribution in [3.8, 4) is 0 Å². The first-order valence-corrected chi connectivity index (χ1v) is 35.6. The Morgan fingerprint density at radius 2 is 0.658 bits per heavy atom. The van der Waals surface area contributed by atoms with Crippen molar-refractivity contribution in [1.82, 2.24) is 0 Å². The van der Waals surface area contributed by atoms with E-state index < -0.39 is 26.5 Å². The van der Waals surface area contributed by atoms with Gasteiger partial charge in [-0.05, 0) is 77.0 Å². The lowest BCUT2D eigenvalue weighted by atomic mass is 10.0. The lowest BCUT2D eigenvalue weighted by Gasteiger charge is -2.19. The second-order valence-electron chi connectivity index (χ2n) is 23.0. The molecule has 0 bridgehead atoms. The summed E-state index contributed by atoms with van der Waals surface area (Å²) >= 11 is 0. The van der Waals surface area contributed by atoms with Crippen LogP contribution in [0.25, 0.3) is 0 Å². The fraction of sp³-hybridized carbons (Fsp3) is 0.855. The van der Waals surface area contributed by atoms with Gasteiger partial charge in [0.15, 0.2) is 6.10 Å². The number of phosphoric ester groups is 1. The molecule has 0 aliphatic heterocycles. The topological polar surface area (TPSA) is 134 Å². The van der Waals surface area contributed by atoms with Gasteiger partial charge in [-0.1, -0.05) is 306 Å². The molecule has 0 aromatic carbocycles. The van der Waals surface area contributed by atoms with Gasteiger partial charge in [0.2, 0.25) is 0 Å². The molecule has 0 spiro atoms. The van der Waals surface area contributed by atoms with E-state index in [1.165, 1.54) is 270 Å². The van der Waals surface area contributed by atoms with Crippen LogP contribution in [0.2, 0.25) is 0 Å². The fourth-order valence-corrected chi connectivity index (χ4v) is 10.9. The highest BCUT2D eigenvalue weighted by molar-refractivity contribution is 7.47. The average molecular weight is 1130 g/mol. The highest BCUT2D eigenvalue weighted by Crippen LogP contribution is 2.43. The van der Waals surface area contributed by atoms with Crippen LogP contribution >= 0.6 is 7.82 Å². The molecule has 79 heavy (non-hydrogen) atoms. The Hall–Kier alpha value is -2.03. The summed E-state index contributed by atoms with van der Waals surface area (Å²) < 4.78 is 33.1. The predicted molar refractivity (Wildman–Crippen MR) is 340 cm³/mol. The van der Waals surface area contributed by atoms with Crippen molar-refractivity contribution < 1.29 is 37.6 Å². The van der Waals surface area contributed by atoms with Crippen LogP contribution < -0.4 is 5.73 Å². The Kier molecular flexibility index (Phi) is 63.5. The van der Waals surface area contributed by atoms with Crippen LogP contribution in [0.5, 0.6) is 0 Å². The molecule has 2 unspecified atom stereocenters. The third-order valence-corrected chi connectivity index (χ3v) is 16.2. The van der Waals surface area contributed by atoms with E-state index in [9.17, 15) is 19.0 Å². The van der Waals surface area contributed by atoms with Crippen LogP contribution in [-0.2, 0) is 32.7 Å². The van der Waals surface area contributed by atoms with E-state index in [1.807, 2.05) is 0 Å². The quantitative estimate of drug-likeness (QED) is 0.0264. The summed E-state index contributed by atoms with van der Waals surface area (Å²) in [5.74, 6) is -0.813. The third-order valence-electron chi connectivity index (χ3n) is 15.2. The molecule has 0 saturated heterocycles. The number of phosphoric acid groups is 1. The molecule has 10 heteroatoms. The summed E-state index contributed by atoms with van der Waals surface area (Å²) in [7, 11) is -4.39. The first kappa shape index (κ1) is 77.0. The van der Waals surface area contributed by atoms with E-state index in [2.05, 4.69) is 62.5 Å². The number of nitrogens with two attached hydrogens (primary N) is 1. The summed E-state index contributed by atoms with van der Waals surface area (Å²) in [5.41, 5.74) is 5.39. The Morgan fingerprint density at radius 3 is 0.987 bits per heavy atom. The molecule has 0 aromatic heterocycles. The van der Waals surface area contributed by atoms with Crippen molar-refractivity contribution in [3.05, 3.63) is 48.6 Å². The number of hydrogen-bond donors (Lipinski definition) is 2. The maximum atomic E-state index is 12.7. The molecule has 0 fully saturated rings. The van der Waals surface area contributed by atoms with Crippen molar-refractivity contribution in [1.29, 1.82) is 0 Å². The van der Waals surface area contributed by atoms with Gasteiger partial charge in [0.05, 0.1) is 13.2 Å². The van der Waals surface area contributed by atoms with Gasteiger partial charge in [-0.2, -0.15) is 0 Å². The number of rotatable bonds is 65. The number of unbranched alkanes of at least 4 members (excludes halogenated alkanes) is 44. The Labute approximate surface area is 489 Å². The minimum atomic E-state index is -4.39. The van der Waals surface area contributed by atoms with Crippen molar-refractivity contribution in [3.63, 3.8) is 0 Å². The zero-order valence-corrected chi connectivity index (χ0v) is 53.0. The molecule has 464 valence electrons. The number of carbonyl (C=O) groups excluding carboxylic acids is 2. The van der Waals surface area contributed by atoms with Crippen LogP contribution in [0.3, 0.4) is 0 Å². The molecule has 0 heterocycles. The summed E-state index contributed by atoms with van der Waals surface area (Å²) in [4.78, 5) is 35.3. The molecule has 0 aromatic rings. The van der Waals surface area contributed by atoms with Gasteiger partial charge in [-0.3, -0.25) is 18.6 Å². The van der Waals surface area contributed by atoms with Crippen LogP contribution in [0.15, 0.2) is 48.6 Å². The van der Waals surface area contributed by atoms with Crippen molar-refractivity contribution >= 4 is 19.8 Å². The molecule has 0 saturated carbocycles. The van der Waals surface area contributed by atoms with E-state index in [4.69, 9.17) is 24.3 Å². The maximum Gasteiger partial charge on any atom is 0.472 e. The van der Waals surface area contributed by atoms with Gasteiger partial charge < -0.3 is 20.1 Å². The number of allylic oxidation sites excluding steroid dienone is 8. The van der Waals surface area contributed by atoms with E-state index >= 15 is 0 Å². The molecule has 0 aliphatic rings. The van der Waals surface area contributed by atoms with Gasteiger partial charge >= 0.3 is 19.8 Å². The van der Waals surface area contributed by atoms with Crippen LogP contribution in [-0.4, -0.2) is 49.3 Å². The van der Waals surface area contributed by atoms with E-state index in [0.717, 1.165) is 44.9 Å². The molecule has 2 atom stereocenters. The SMILES string of the molecule is CCCCCCC/C=C\C/C=C\C/C=C\CCCCCCCCCCCCCCCCCCCCCCCCCCC(=O)OC(COC(=O)CCCCCCCCCCC/C=C\CCCCCCCC)COP(=O)(O)OCCN. The van der Waals surface area contributed by atoms with Gasteiger partial charge in [0, 0.05) is 19.4 Å². The molecule has 0 amide bonds. The van der Waals surface area contributed by atoms with Gasteiger partial charge in [0.1, 0.15) is 6.61 Å². The minimum Gasteiger partial charge on any atom is -0.462 e. The largest absolute Gasteiger partial charge is 0.472 e. The third kappa shape index (κ3) is 65.0. The first-order chi connectivity index (χ1) is 38.8. The summed E-state index contributed by atoms with van der Waals surface area (Å²) in [6.45, 7) is 3.78. The Balaban J connectivity index is 3.78. The molecular formula is C69H130NO8P. The second-order valence-corrected chi connectivity index (χ2v) is 24.5. The normalized spacial score (nSPS) is 13.2. The number of esters is 2. The van der Waals surface area contributed by atoms with Gasteiger partial charge in [-0.25, -0.2) is 4.57 Å². The van der Waals surface area contributed by atoms with Crippen molar-refractivity contribution in [2.75, 3.05) is 26.4 Å². The van der Waals surface area contributed by atoms with E-state index in [0.29, 0.717) is 6.42 Å². The van der Waals surface area contributed by atoms with Gasteiger partial charge in [0.25, 0.3) is 0 Å². The standard InChI is InChI=1S/C69H130NO8P/c1-3-5-7-9-11-13-15-17-19-21-23-24-25-26-27-28-29-30-31-32-33-34-35-36-37-38-39-40-41-42-44-46-48-50-52-54-56-58-60-62-69(72)78-67(66-77-79(73,74)76-64-63-70)65-75-68(71)61-59-57-55-53-51-49-47-45-43-22-20-18-16-14-12-10-8-6-4-2/h15,17-18,20-21,23,25-26,67H,3-14,16,19,22,24,27-66,70H2,1-2H3,(H,73,74)/b17-15-,20-18-,23-21-,26-25-. The fourth-order valence-electron chi connectivity index (χ4n) is 10.1. The van der Waals surface area contributed by atoms with E-state index in [-0.39, 0.29) is 38.6 Å². The zero-order chi connectivity index (χ0) is 57.3. The number of ether oxygens (including phenoxy) is 2. The summed E-state index contributed by atoms with van der Waals surface area (Å²) in [5, 5.41) is 0. The van der Waals surface area contributed by atoms with Crippen LogP contribution in [0, 0.1) is 0 Å². The van der Waals surface area contributed by atoms with Crippen LogP contribution in [0.1, 0.15) is 348 Å². The lowest BCUT2D eigenvalue weighted by Crippen LogP contribution is -2.29. The van der Waals surface area contributed by atoms with Crippen LogP contribution in [0.4, 0.5) is 0 Å². The van der Waals surface area contributed by atoms with Crippen molar-refractivity contribution in [2.45, 2.75) is 354 Å². The Bertz CT molecular complexity index is 1430. The predicted octanol–water partition coefficient (Wildman–Crippen LogP) is 22.1. The Morgan fingerprint density at radius 1 is 0.380 bits per heavy atom. The molecule has 0 radical (unpaired) electrons. The molecule has 0 aliphatic carbocycles. The minimum absolute atomic E-state index is 0.0548. The molecule has 3 N–H and O–H groups in total. The number of hydrogen-bond acceptors (Lipinski definition) is 8.